The van der Waals surface area contributed by atoms with Crippen LogP contribution in [0.2, 0.25) is 5.02 Å². The average molecular weight is 301 g/mol. The van der Waals surface area contributed by atoms with Crippen molar-refractivity contribution in [3.8, 4) is 11.3 Å². The molecule has 0 saturated heterocycles. The number of hydrogen-bond acceptors (Lipinski definition) is 2. The molecular formula is C12H11BrClNO. The van der Waals surface area contributed by atoms with Crippen molar-refractivity contribution in [3.05, 3.63) is 45.1 Å². The second-order valence-corrected chi connectivity index (χ2v) is 4.81. The summed E-state index contributed by atoms with van der Waals surface area (Å²) in [6.07, 6.45) is 0. The molecule has 2 nitrogen and oxygen atoms in total. The van der Waals surface area contributed by atoms with Crippen LogP contribution < -0.4 is 5.73 Å². The van der Waals surface area contributed by atoms with Crippen molar-refractivity contribution < 1.29 is 4.42 Å². The molecule has 1 aromatic heterocycles. The van der Waals surface area contributed by atoms with E-state index in [1.165, 1.54) is 0 Å². The third kappa shape index (κ3) is 2.17. The van der Waals surface area contributed by atoms with Gasteiger partial charge >= 0.3 is 0 Å². The number of aryl methyl sites for hydroxylation is 1. The summed E-state index contributed by atoms with van der Waals surface area (Å²) in [4.78, 5) is 0. The molecule has 16 heavy (non-hydrogen) atoms. The monoisotopic (exact) mass is 299 g/mol. The lowest BCUT2D eigenvalue weighted by molar-refractivity contribution is 0.525. The number of hydrogen-bond donors (Lipinski definition) is 1. The van der Waals surface area contributed by atoms with Gasteiger partial charge in [0.15, 0.2) is 0 Å². The van der Waals surface area contributed by atoms with Crippen molar-refractivity contribution in [2.75, 3.05) is 0 Å². The summed E-state index contributed by atoms with van der Waals surface area (Å²) in [5.74, 6) is 1.54. The van der Waals surface area contributed by atoms with E-state index in [0.717, 1.165) is 32.1 Å². The molecule has 2 N–H and O–H groups in total. The van der Waals surface area contributed by atoms with Crippen molar-refractivity contribution in [1.82, 2.24) is 0 Å². The van der Waals surface area contributed by atoms with Crippen molar-refractivity contribution in [2.45, 2.75) is 13.5 Å². The van der Waals surface area contributed by atoms with Gasteiger partial charge in [-0.2, -0.15) is 0 Å². The Kier molecular flexibility index (Phi) is 3.38. The summed E-state index contributed by atoms with van der Waals surface area (Å²) in [6, 6.07) is 7.63. The van der Waals surface area contributed by atoms with Gasteiger partial charge in [-0.15, -0.1) is 0 Å². The van der Waals surface area contributed by atoms with Gasteiger partial charge in [0.25, 0.3) is 0 Å². The highest BCUT2D eigenvalue weighted by atomic mass is 79.9. The largest absolute Gasteiger partial charge is 0.460 e. The Balaban J connectivity index is 2.51. The van der Waals surface area contributed by atoms with Gasteiger partial charge in [-0.3, -0.25) is 0 Å². The van der Waals surface area contributed by atoms with Crippen LogP contribution in [0.1, 0.15) is 11.3 Å². The topological polar surface area (TPSA) is 39.2 Å². The molecule has 0 radical (unpaired) electrons. The molecule has 2 aromatic rings. The van der Waals surface area contributed by atoms with Gasteiger partial charge in [0.05, 0.1) is 6.54 Å². The maximum Gasteiger partial charge on any atom is 0.135 e. The highest BCUT2D eigenvalue weighted by Crippen LogP contribution is 2.33. The predicted molar refractivity (Wildman–Crippen MR) is 69.5 cm³/mol. The highest BCUT2D eigenvalue weighted by Gasteiger charge is 2.10. The van der Waals surface area contributed by atoms with Crippen LogP contribution in [0.15, 0.2) is 33.2 Å². The normalized spacial score (nSPS) is 10.8. The lowest BCUT2D eigenvalue weighted by atomic mass is 10.1. The van der Waals surface area contributed by atoms with Gasteiger partial charge in [-0.05, 0) is 36.8 Å². The van der Waals surface area contributed by atoms with Gasteiger partial charge in [-0.25, -0.2) is 0 Å². The molecule has 0 spiro atoms. The predicted octanol–water partition coefficient (Wildman–Crippen LogP) is 4.13. The van der Waals surface area contributed by atoms with Crippen molar-refractivity contribution in [1.29, 1.82) is 0 Å². The molecule has 0 bridgehead atoms. The van der Waals surface area contributed by atoms with E-state index in [0.29, 0.717) is 6.54 Å². The molecule has 1 aromatic carbocycles. The zero-order valence-electron chi connectivity index (χ0n) is 8.76. The zero-order valence-corrected chi connectivity index (χ0v) is 11.1. The minimum atomic E-state index is 0.400. The van der Waals surface area contributed by atoms with Crippen molar-refractivity contribution in [3.63, 3.8) is 0 Å². The molecule has 4 heteroatoms. The first-order valence-corrected chi connectivity index (χ1v) is 6.03. The van der Waals surface area contributed by atoms with Crippen LogP contribution in [0.4, 0.5) is 0 Å². The van der Waals surface area contributed by atoms with Crippen LogP contribution >= 0.6 is 27.5 Å². The Labute approximate surface area is 108 Å². The molecule has 84 valence electrons. The first kappa shape index (κ1) is 11.7. The Morgan fingerprint density at radius 2 is 2.12 bits per heavy atom. The van der Waals surface area contributed by atoms with E-state index in [1.807, 2.05) is 31.2 Å². The SMILES string of the molecule is Cc1cc(Br)c(-c2ccc(CN)o2)cc1Cl. The molecule has 0 fully saturated rings. The molecule has 0 saturated carbocycles. The van der Waals surface area contributed by atoms with E-state index < -0.39 is 0 Å². The summed E-state index contributed by atoms with van der Waals surface area (Å²) in [7, 11) is 0. The van der Waals surface area contributed by atoms with Crippen LogP contribution in [0.25, 0.3) is 11.3 Å². The second kappa shape index (κ2) is 4.62. The molecule has 1 heterocycles. The first-order chi connectivity index (χ1) is 7.61. The quantitative estimate of drug-likeness (QED) is 0.905. The average Bonchev–Trinajstić information content (AvgIpc) is 2.71. The maximum absolute atomic E-state index is 6.09. The van der Waals surface area contributed by atoms with Crippen molar-refractivity contribution >= 4 is 27.5 Å². The van der Waals surface area contributed by atoms with Gasteiger partial charge < -0.3 is 10.2 Å². The van der Waals surface area contributed by atoms with E-state index >= 15 is 0 Å². The molecule has 0 atom stereocenters. The minimum Gasteiger partial charge on any atom is -0.460 e. The first-order valence-electron chi connectivity index (χ1n) is 4.86. The highest BCUT2D eigenvalue weighted by molar-refractivity contribution is 9.10. The van der Waals surface area contributed by atoms with E-state index in [2.05, 4.69) is 15.9 Å². The summed E-state index contributed by atoms with van der Waals surface area (Å²) in [5.41, 5.74) is 7.47. The van der Waals surface area contributed by atoms with Crippen LogP contribution in [0.3, 0.4) is 0 Å². The van der Waals surface area contributed by atoms with E-state index in [-0.39, 0.29) is 0 Å². The lowest BCUT2D eigenvalue weighted by Gasteiger charge is -2.04. The summed E-state index contributed by atoms with van der Waals surface area (Å²) < 4.78 is 6.55. The van der Waals surface area contributed by atoms with Gasteiger partial charge in [0.2, 0.25) is 0 Å². The van der Waals surface area contributed by atoms with Crippen LogP contribution in [-0.4, -0.2) is 0 Å². The fourth-order valence-corrected chi connectivity index (χ4v) is 2.28. The van der Waals surface area contributed by atoms with Crippen LogP contribution in [0.5, 0.6) is 0 Å². The molecule has 0 aliphatic heterocycles. The number of nitrogens with two attached hydrogens (primary N) is 1. The second-order valence-electron chi connectivity index (χ2n) is 3.55. The zero-order chi connectivity index (χ0) is 11.7. The summed E-state index contributed by atoms with van der Waals surface area (Å²) in [6.45, 7) is 2.36. The van der Waals surface area contributed by atoms with E-state index in [4.69, 9.17) is 21.8 Å². The van der Waals surface area contributed by atoms with E-state index in [1.54, 1.807) is 0 Å². The number of benzene rings is 1. The summed E-state index contributed by atoms with van der Waals surface area (Å²) in [5, 5.41) is 0.726. The van der Waals surface area contributed by atoms with Crippen molar-refractivity contribution in [2.24, 2.45) is 5.73 Å². The molecule has 0 aliphatic carbocycles. The Morgan fingerprint density at radius 3 is 2.75 bits per heavy atom. The number of halogens is 2. The Morgan fingerprint density at radius 1 is 1.38 bits per heavy atom. The molecule has 0 aliphatic rings. The fraction of sp³-hybridized carbons (Fsp3) is 0.167. The molecule has 2 rings (SSSR count). The number of furan rings is 1. The Bertz CT molecular complexity index is 522. The molecular weight excluding hydrogens is 289 g/mol. The van der Waals surface area contributed by atoms with Gasteiger partial charge in [-0.1, -0.05) is 27.5 Å². The standard InChI is InChI=1S/C12H11BrClNO/c1-7-4-10(13)9(5-11(7)14)12-3-2-8(6-15)16-12/h2-5H,6,15H2,1H3. The fourth-order valence-electron chi connectivity index (χ4n) is 1.47. The number of rotatable bonds is 2. The molecule has 0 unspecified atom stereocenters. The van der Waals surface area contributed by atoms with Gasteiger partial charge in [0, 0.05) is 15.1 Å². The van der Waals surface area contributed by atoms with E-state index in [9.17, 15) is 0 Å². The third-order valence-electron chi connectivity index (χ3n) is 2.38. The van der Waals surface area contributed by atoms with Gasteiger partial charge in [0.1, 0.15) is 11.5 Å². The smallest absolute Gasteiger partial charge is 0.135 e. The summed E-state index contributed by atoms with van der Waals surface area (Å²) >= 11 is 9.59. The lowest BCUT2D eigenvalue weighted by Crippen LogP contribution is -1.92. The maximum atomic E-state index is 6.09. The van der Waals surface area contributed by atoms with Crippen LogP contribution in [-0.2, 0) is 6.54 Å². The Hall–Kier alpha value is -0.770. The minimum absolute atomic E-state index is 0.400. The van der Waals surface area contributed by atoms with Crippen LogP contribution in [0, 0.1) is 6.92 Å². The molecule has 0 amide bonds. The third-order valence-corrected chi connectivity index (χ3v) is 3.44.